The topological polar surface area (TPSA) is 143 Å². The van der Waals surface area contributed by atoms with Gasteiger partial charge in [-0.05, 0) is 32.1 Å². The molecule has 28 heavy (non-hydrogen) atoms. The lowest BCUT2D eigenvalue weighted by Crippen LogP contribution is -2.66. The van der Waals surface area contributed by atoms with E-state index < -0.39 is 48.6 Å². The Bertz CT molecular complexity index is 512. The van der Waals surface area contributed by atoms with Crippen LogP contribution in [-0.4, -0.2) is 111 Å². The van der Waals surface area contributed by atoms with Gasteiger partial charge in [-0.2, -0.15) is 0 Å². The summed E-state index contributed by atoms with van der Waals surface area (Å²) in [4.78, 5) is 14.8. The fourth-order valence-electron chi connectivity index (χ4n) is 4.17. The second-order valence-electron chi connectivity index (χ2n) is 7.81. The molecule has 0 aromatic heterocycles. The van der Waals surface area contributed by atoms with Crippen molar-refractivity contribution >= 4 is 17.7 Å². The van der Waals surface area contributed by atoms with E-state index in [1.54, 1.807) is 6.26 Å². The molecule has 0 unspecified atom stereocenters. The summed E-state index contributed by atoms with van der Waals surface area (Å²) in [6.07, 6.45) is -2.47. The lowest BCUT2D eigenvalue weighted by molar-refractivity contribution is -0.212. The first kappa shape index (κ1) is 23.8. The number of ether oxygens (including phenoxy) is 1. The normalized spacial score (nSPS) is 38.9. The van der Waals surface area contributed by atoms with Gasteiger partial charge in [0, 0.05) is 6.54 Å². The molecule has 2 rings (SSSR count). The zero-order valence-electron chi connectivity index (χ0n) is 16.6. The highest BCUT2D eigenvalue weighted by atomic mass is 32.2. The summed E-state index contributed by atoms with van der Waals surface area (Å²) in [6.45, 7) is 2.25. The molecule has 2 heterocycles. The molecular formula is C18H34N2O7S. The fraction of sp³-hybridized carbons (Fsp3) is 0.944. The predicted molar refractivity (Wildman–Crippen MR) is 105 cm³/mol. The van der Waals surface area contributed by atoms with Crippen molar-refractivity contribution in [1.29, 1.82) is 0 Å². The van der Waals surface area contributed by atoms with Crippen molar-refractivity contribution in [2.75, 3.05) is 26.5 Å². The Kier molecular flexibility index (Phi) is 8.96. The van der Waals surface area contributed by atoms with Gasteiger partial charge in [0.05, 0.1) is 24.8 Å². The first-order chi connectivity index (χ1) is 13.2. The Labute approximate surface area is 170 Å². The second kappa shape index (κ2) is 10.5. The van der Waals surface area contributed by atoms with Crippen molar-refractivity contribution in [1.82, 2.24) is 10.2 Å². The van der Waals surface area contributed by atoms with Gasteiger partial charge in [-0.1, -0.05) is 13.3 Å². The maximum Gasteiger partial charge on any atom is 0.237 e. The van der Waals surface area contributed by atoms with Crippen LogP contribution in [0.15, 0.2) is 0 Å². The molecule has 0 aromatic carbocycles. The van der Waals surface area contributed by atoms with Crippen LogP contribution in [0.2, 0.25) is 0 Å². The Morgan fingerprint density at radius 2 is 1.96 bits per heavy atom. The molecular weight excluding hydrogens is 388 g/mol. The molecule has 10 heteroatoms. The van der Waals surface area contributed by atoms with Crippen LogP contribution in [0, 0.1) is 5.92 Å². The number of hydrogen-bond donors (Lipinski definition) is 6. The van der Waals surface area contributed by atoms with Gasteiger partial charge in [0.15, 0.2) is 0 Å². The van der Waals surface area contributed by atoms with E-state index in [-0.39, 0.29) is 11.9 Å². The van der Waals surface area contributed by atoms with E-state index in [9.17, 15) is 30.3 Å². The number of likely N-dealkylation sites (N-methyl/N-ethyl adjacent to an activating group) is 1. The summed E-state index contributed by atoms with van der Waals surface area (Å²) in [7, 11) is 1.87. The average molecular weight is 423 g/mol. The van der Waals surface area contributed by atoms with E-state index in [2.05, 4.69) is 12.2 Å². The van der Waals surface area contributed by atoms with Crippen LogP contribution in [0.4, 0.5) is 0 Å². The van der Waals surface area contributed by atoms with Crippen molar-refractivity contribution in [3.8, 4) is 0 Å². The number of amides is 1. The maximum atomic E-state index is 12.9. The van der Waals surface area contributed by atoms with Gasteiger partial charge >= 0.3 is 0 Å². The molecule has 0 aromatic rings. The summed E-state index contributed by atoms with van der Waals surface area (Å²) in [6, 6.07) is -1.51. The first-order valence-corrected chi connectivity index (χ1v) is 11.1. The van der Waals surface area contributed by atoms with Crippen molar-refractivity contribution < 1.29 is 35.1 Å². The van der Waals surface area contributed by atoms with Crippen LogP contribution >= 0.6 is 11.8 Å². The molecule has 6 N–H and O–H groups in total. The number of carbonyl (C=O) groups is 1. The highest BCUT2D eigenvalue weighted by molar-refractivity contribution is 7.99. The summed E-state index contributed by atoms with van der Waals surface area (Å²) in [5.74, 6) is 0.0945. The van der Waals surface area contributed by atoms with Gasteiger partial charge in [-0.3, -0.25) is 9.69 Å². The van der Waals surface area contributed by atoms with E-state index in [1.165, 1.54) is 0 Å². The number of aliphatic hydroxyl groups is 5. The zero-order valence-corrected chi connectivity index (χ0v) is 17.5. The van der Waals surface area contributed by atoms with E-state index in [1.807, 2.05) is 11.9 Å². The van der Waals surface area contributed by atoms with E-state index in [4.69, 9.17) is 4.74 Å². The number of rotatable bonds is 8. The Morgan fingerprint density at radius 1 is 1.29 bits per heavy atom. The van der Waals surface area contributed by atoms with Gasteiger partial charge in [0.25, 0.3) is 0 Å². The minimum atomic E-state index is -1.53. The number of aliphatic hydroxyl groups excluding tert-OH is 5. The van der Waals surface area contributed by atoms with Crippen LogP contribution in [0.1, 0.15) is 26.2 Å². The van der Waals surface area contributed by atoms with Crippen molar-refractivity contribution in [3.05, 3.63) is 0 Å². The molecule has 9 nitrogen and oxygen atoms in total. The molecule has 164 valence electrons. The zero-order chi connectivity index (χ0) is 21.0. The maximum absolute atomic E-state index is 12.9. The highest BCUT2D eigenvalue weighted by Crippen LogP contribution is 2.30. The van der Waals surface area contributed by atoms with Crippen molar-refractivity contribution in [2.24, 2.45) is 5.92 Å². The quantitative estimate of drug-likeness (QED) is 0.265. The van der Waals surface area contributed by atoms with Crippen molar-refractivity contribution in [3.63, 3.8) is 0 Å². The molecule has 0 spiro atoms. The van der Waals surface area contributed by atoms with E-state index >= 15 is 0 Å². The molecule has 2 aliphatic rings. The Hall–Kier alpha value is -0.460. The number of nitrogens with one attached hydrogen (secondary N) is 1. The lowest BCUT2D eigenvalue weighted by Gasteiger charge is -2.44. The Morgan fingerprint density at radius 3 is 2.54 bits per heavy atom. The molecule has 0 bridgehead atoms. The van der Waals surface area contributed by atoms with Crippen LogP contribution in [0.5, 0.6) is 0 Å². The van der Waals surface area contributed by atoms with Gasteiger partial charge in [0.2, 0.25) is 5.91 Å². The van der Waals surface area contributed by atoms with E-state index in [0.29, 0.717) is 12.3 Å². The number of carbonyl (C=O) groups excluding carboxylic acids is 1. The third-order valence-corrected chi connectivity index (χ3v) is 6.59. The monoisotopic (exact) mass is 422 g/mol. The highest BCUT2D eigenvalue weighted by Gasteiger charge is 2.49. The SMILES string of the molecule is CCC[C@@H]1C[C@@H](C(=O)N[C@@H]([C@H]2O[C@H](SC)[C@H](O)[C@@H](O)[C@H]2O)[C@H](O)CO)N(C)C1. The molecule has 0 aliphatic carbocycles. The molecule has 1 amide bonds. The van der Waals surface area contributed by atoms with Gasteiger partial charge in [0.1, 0.15) is 29.9 Å². The van der Waals surface area contributed by atoms with Crippen molar-refractivity contribution in [2.45, 2.75) is 74.2 Å². The summed E-state index contributed by atoms with van der Waals surface area (Å²) in [5.41, 5.74) is -0.836. The van der Waals surface area contributed by atoms with Crippen LogP contribution < -0.4 is 5.32 Å². The number of hydrogen-bond acceptors (Lipinski definition) is 9. The Balaban J connectivity index is 2.14. The largest absolute Gasteiger partial charge is 0.394 e. The fourth-order valence-corrected chi connectivity index (χ4v) is 4.85. The minimum Gasteiger partial charge on any atom is -0.394 e. The average Bonchev–Trinajstić information content (AvgIpc) is 3.05. The second-order valence-corrected chi connectivity index (χ2v) is 8.74. The summed E-state index contributed by atoms with van der Waals surface area (Å²) in [5, 5.41) is 53.0. The van der Waals surface area contributed by atoms with Crippen LogP contribution in [0.3, 0.4) is 0 Å². The molecule has 9 atom stereocenters. The first-order valence-electron chi connectivity index (χ1n) is 9.77. The number of likely N-dealkylation sites (tertiary alicyclic amines) is 1. The van der Waals surface area contributed by atoms with E-state index in [0.717, 1.165) is 31.1 Å². The van der Waals surface area contributed by atoms with Gasteiger partial charge in [-0.15, -0.1) is 11.8 Å². The summed E-state index contributed by atoms with van der Waals surface area (Å²) < 4.78 is 5.67. The molecule has 2 aliphatic heterocycles. The third-order valence-electron chi connectivity index (χ3n) is 5.74. The smallest absolute Gasteiger partial charge is 0.237 e. The number of nitrogens with zero attached hydrogens (tertiary/aromatic N) is 1. The van der Waals surface area contributed by atoms with Gasteiger partial charge < -0.3 is 35.6 Å². The minimum absolute atomic E-state index is 0.323. The molecule has 2 saturated heterocycles. The molecule has 0 saturated carbocycles. The summed E-state index contributed by atoms with van der Waals surface area (Å²) >= 11 is 1.14. The van der Waals surface area contributed by atoms with Crippen LogP contribution in [-0.2, 0) is 9.53 Å². The molecule has 2 fully saturated rings. The number of thioether (sulfide) groups is 1. The molecule has 0 radical (unpaired) electrons. The third kappa shape index (κ3) is 5.17. The standard InChI is InChI=1S/C18H34N2O7S/c1-4-5-9-6-10(20(2)7-9)17(26)19-12(11(22)8-21)16-14(24)13(23)15(25)18(27-16)28-3/h9-16,18,21-25H,4-8H2,1-3H3,(H,19,26)/t9-,10+,11-,12-,13+,14-,15-,16-,18-/m1/s1. The lowest BCUT2D eigenvalue weighted by atomic mass is 9.91. The van der Waals surface area contributed by atoms with Gasteiger partial charge in [-0.25, -0.2) is 0 Å². The van der Waals surface area contributed by atoms with Crippen LogP contribution in [0.25, 0.3) is 0 Å². The predicted octanol–water partition coefficient (Wildman–Crippen LogP) is -1.88.